The largest absolute Gasteiger partial charge is 0.493 e. The van der Waals surface area contributed by atoms with Crippen LogP contribution < -0.4 is 9.47 Å². The molecule has 0 bridgehead atoms. The van der Waals surface area contributed by atoms with Crippen molar-refractivity contribution >= 4 is 20.6 Å². The van der Waals surface area contributed by atoms with Crippen LogP contribution >= 0.6 is 0 Å². The zero-order valence-corrected chi connectivity index (χ0v) is 17.3. The third-order valence-electron chi connectivity index (χ3n) is 4.71. The van der Waals surface area contributed by atoms with Crippen LogP contribution in [0.1, 0.15) is 11.5 Å². The molecular formula is C22H20N2O5S. The standard InChI is InChI=1S/C22H20N2O5S/c1-27-19-11-10-16(12-20(19)28-2)22-23-21(29-24-22)14-30(25,26)13-17-8-5-7-15-6-3-4-9-18(15)17/h3-12H,13-14H2,1-2H3. The molecule has 0 spiro atoms. The summed E-state index contributed by atoms with van der Waals surface area (Å²) in [7, 11) is -0.435. The highest BCUT2D eigenvalue weighted by molar-refractivity contribution is 7.89. The Morgan fingerprint density at radius 3 is 2.47 bits per heavy atom. The predicted molar refractivity (Wildman–Crippen MR) is 113 cm³/mol. The first kappa shape index (κ1) is 19.9. The van der Waals surface area contributed by atoms with Crippen molar-refractivity contribution in [2.24, 2.45) is 0 Å². The lowest BCUT2D eigenvalue weighted by molar-refractivity contribution is 0.355. The van der Waals surface area contributed by atoms with E-state index >= 15 is 0 Å². The monoisotopic (exact) mass is 424 g/mol. The van der Waals surface area contributed by atoms with Crippen molar-refractivity contribution in [3.8, 4) is 22.9 Å². The zero-order chi connectivity index (χ0) is 21.1. The van der Waals surface area contributed by atoms with E-state index in [9.17, 15) is 8.42 Å². The molecule has 1 aromatic heterocycles. The Morgan fingerprint density at radius 2 is 1.67 bits per heavy atom. The highest BCUT2D eigenvalue weighted by atomic mass is 32.2. The van der Waals surface area contributed by atoms with Gasteiger partial charge in [-0.3, -0.25) is 0 Å². The van der Waals surface area contributed by atoms with Gasteiger partial charge >= 0.3 is 0 Å². The van der Waals surface area contributed by atoms with Crippen LogP contribution in [-0.4, -0.2) is 32.8 Å². The van der Waals surface area contributed by atoms with Crippen LogP contribution in [0.4, 0.5) is 0 Å². The maximum absolute atomic E-state index is 12.8. The van der Waals surface area contributed by atoms with E-state index in [1.165, 1.54) is 7.11 Å². The van der Waals surface area contributed by atoms with E-state index in [4.69, 9.17) is 14.0 Å². The van der Waals surface area contributed by atoms with E-state index in [1.807, 2.05) is 42.5 Å². The van der Waals surface area contributed by atoms with Gasteiger partial charge in [-0.25, -0.2) is 8.42 Å². The molecule has 7 nitrogen and oxygen atoms in total. The zero-order valence-electron chi connectivity index (χ0n) is 16.5. The summed E-state index contributed by atoms with van der Waals surface area (Å²) in [5.74, 6) is 0.970. The number of sulfone groups is 1. The molecule has 30 heavy (non-hydrogen) atoms. The normalized spacial score (nSPS) is 11.5. The summed E-state index contributed by atoms with van der Waals surface area (Å²) < 4.78 is 41.3. The third-order valence-corrected chi connectivity index (χ3v) is 6.15. The summed E-state index contributed by atoms with van der Waals surface area (Å²) >= 11 is 0. The molecule has 0 saturated heterocycles. The molecule has 0 aliphatic heterocycles. The van der Waals surface area contributed by atoms with Crippen molar-refractivity contribution in [3.05, 3.63) is 72.1 Å². The van der Waals surface area contributed by atoms with Gasteiger partial charge in [0.15, 0.2) is 21.3 Å². The van der Waals surface area contributed by atoms with Gasteiger partial charge in [-0.2, -0.15) is 4.98 Å². The van der Waals surface area contributed by atoms with Crippen molar-refractivity contribution in [3.63, 3.8) is 0 Å². The number of ether oxygens (including phenoxy) is 2. The molecule has 0 radical (unpaired) electrons. The van der Waals surface area contributed by atoms with Gasteiger partial charge in [0.25, 0.3) is 0 Å². The molecule has 0 atom stereocenters. The fraction of sp³-hybridized carbons (Fsp3) is 0.182. The van der Waals surface area contributed by atoms with Gasteiger partial charge in [-0.15, -0.1) is 0 Å². The molecule has 0 fully saturated rings. The van der Waals surface area contributed by atoms with Crippen LogP contribution in [0.25, 0.3) is 22.2 Å². The van der Waals surface area contributed by atoms with Crippen molar-refractivity contribution in [2.45, 2.75) is 11.5 Å². The highest BCUT2D eigenvalue weighted by Gasteiger charge is 2.20. The van der Waals surface area contributed by atoms with Crippen LogP contribution in [-0.2, 0) is 21.3 Å². The van der Waals surface area contributed by atoms with Gasteiger partial charge in [0.05, 0.1) is 20.0 Å². The summed E-state index contributed by atoms with van der Waals surface area (Å²) in [6.45, 7) is 0. The fourth-order valence-corrected chi connectivity index (χ4v) is 4.62. The molecule has 1 heterocycles. The van der Waals surface area contributed by atoms with Gasteiger partial charge in [0.2, 0.25) is 11.7 Å². The maximum atomic E-state index is 12.8. The SMILES string of the molecule is COc1ccc(-c2noc(CS(=O)(=O)Cc3cccc4ccccc34)n2)cc1OC. The number of benzene rings is 3. The van der Waals surface area contributed by atoms with Crippen molar-refractivity contribution in [1.82, 2.24) is 10.1 Å². The number of hydrogen-bond donors (Lipinski definition) is 0. The van der Waals surface area contributed by atoms with Gasteiger partial charge < -0.3 is 14.0 Å². The van der Waals surface area contributed by atoms with E-state index in [0.29, 0.717) is 17.1 Å². The molecule has 0 amide bonds. The van der Waals surface area contributed by atoms with Crippen LogP contribution in [0.2, 0.25) is 0 Å². The van der Waals surface area contributed by atoms with E-state index in [1.54, 1.807) is 25.3 Å². The minimum Gasteiger partial charge on any atom is -0.493 e. The molecule has 0 N–H and O–H groups in total. The van der Waals surface area contributed by atoms with Crippen molar-refractivity contribution in [2.75, 3.05) is 14.2 Å². The summed E-state index contributed by atoms with van der Waals surface area (Å²) in [5, 5.41) is 5.83. The van der Waals surface area contributed by atoms with Crippen LogP contribution in [0.3, 0.4) is 0 Å². The van der Waals surface area contributed by atoms with Crippen LogP contribution in [0.15, 0.2) is 65.2 Å². The van der Waals surface area contributed by atoms with Crippen LogP contribution in [0, 0.1) is 0 Å². The summed E-state index contributed by atoms with van der Waals surface area (Å²) in [4.78, 5) is 4.25. The highest BCUT2D eigenvalue weighted by Crippen LogP contribution is 2.31. The predicted octanol–water partition coefficient (Wildman–Crippen LogP) is 4.02. The Hall–Kier alpha value is -3.39. The lowest BCUT2D eigenvalue weighted by Gasteiger charge is -2.07. The number of rotatable bonds is 7. The minimum atomic E-state index is -3.51. The summed E-state index contributed by atoms with van der Waals surface area (Å²) in [5.41, 5.74) is 1.38. The molecule has 0 saturated carbocycles. The molecular weight excluding hydrogens is 404 g/mol. The number of hydrogen-bond acceptors (Lipinski definition) is 7. The van der Waals surface area contributed by atoms with Crippen molar-refractivity contribution in [1.29, 1.82) is 0 Å². The first-order valence-electron chi connectivity index (χ1n) is 9.21. The van der Waals surface area contributed by atoms with E-state index in [2.05, 4.69) is 10.1 Å². The second-order valence-corrected chi connectivity index (χ2v) is 8.82. The second-order valence-electron chi connectivity index (χ2n) is 6.75. The number of nitrogens with zero attached hydrogens (tertiary/aromatic N) is 2. The molecule has 4 rings (SSSR count). The lowest BCUT2D eigenvalue weighted by Crippen LogP contribution is -2.08. The Kier molecular flexibility index (Phi) is 5.41. The van der Waals surface area contributed by atoms with E-state index < -0.39 is 9.84 Å². The molecule has 4 aromatic rings. The summed E-state index contributed by atoms with van der Waals surface area (Å²) in [6, 6.07) is 18.5. The molecule has 0 unspecified atom stereocenters. The first-order chi connectivity index (χ1) is 14.5. The first-order valence-corrected chi connectivity index (χ1v) is 11.0. The fourth-order valence-electron chi connectivity index (χ4n) is 3.30. The van der Waals surface area contributed by atoms with Gasteiger partial charge in [-0.05, 0) is 34.5 Å². The molecule has 8 heteroatoms. The van der Waals surface area contributed by atoms with E-state index in [0.717, 1.165) is 16.3 Å². The molecule has 3 aromatic carbocycles. The average Bonchev–Trinajstić information content (AvgIpc) is 3.21. The topological polar surface area (TPSA) is 91.5 Å². The summed E-state index contributed by atoms with van der Waals surface area (Å²) in [6.07, 6.45) is 0. The average molecular weight is 424 g/mol. The smallest absolute Gasteiger partial charge is 0.242 e. The Morgan fingerprint density at radius 1 is 0.900 bits per heavy atom. The third kappa shape index (κ3) is 4.13. The Labute approximate surface area is 174 Å². The Balaban J connectivity index is 1.55. The molecule has 0 aliphatic rings. The maximum Gasteiger partial charge on any atom is 0.242 e. The Bertz CT molecular complexity index is 1290. The van der Waals surface area contributed by atoms with Gasteiger partial charge in [0, 0.05) is 5.56 Å². The second kappa shape index (κ2) is 8.16. The minimum absolute atomic E-state index is 0.0417. The van der Waals surface area contributed by atoms with Crippen molar-refractivity contribution < 1.29 is 22.4 Å². The number of fused-ring (bicyclic) bond motifs is 1. The quantitative estimate of drug-likeness (QED) is 0.442. The number of methoxy groups -OCH3 is 2. The van der Waals surface area contributed by atoms with Gasteiger partial charge in [-0.1, -0.05) is 47.6 Å². The molecule has 0 aliphatic carbocycles. The van der Waals surface area contributed by atoms with Crippen LogP contribution in [0.5, 0.6) is 11.5 Å². The lowest BCUT2D eigenvalue weighted by atomic mass is 10.1. The number of aromatic nitrogens is 2. The molecule has 154 valence electrons. The van der Waals surface area contributed by atoms with Gasteiger partial charge in [0.1, 0.15) is 5.75 Å². The van der Waals surface area contributed by atoms with E-state index in [-0.39, 0.29) is 23.2 Å².